The Morgan fingerprint density at radius 2 is 2.11 bits per heavy atom. The van der Waals surface area contributed by atoms with Crippen LogP contribution in [-0.2, 0) is 16.1 Å². The minimum atomic E-state index is -1.18. The lowest BCUT2D eigenvalue weighted by Crippen LogP contribution is -2.53. The zero-order chi connectivity index (χ0) is 13.8. The second-order valence-corrected chi connectivity index (χ2v) is 4.55. The third-order valence-electron chi connectivity index (χ3n) is 2.96. The number of hydrogen-bond acceptors (Lipinski definition) is 3. The van der Waals surface area contributed by atoms with Crippen LogP contribution in [0.2, 0.25) is 0 Å². The van der Waals surface area contributed by atoms with Gasteiger partial charge in [-0.1, -0.05) is 0 Å². The van der Waals surface area contributed by atoms with Gasteiger partial charge in [0.2, 0.25) is 5.91 Å². The molecule has 1 rings (SSSR count). The summed E-state index contributed by atoms with van der Waals surface area (Å²) in [6.07, 6.45) is 5.31. The van der Waals surface area contributed by atoms with Crippen LogP contribution < -0.4 is 0 Å². The van der Waals surface area contributed by atoms with Crippen LogP contribution >= 0.6 is 0 Å². The van der Waals surface area contributed by atoms with E-state index in [9.17, 15) is 9.59 Å². The van der Waals surface area contributed by atoms with Gasteiger partial charge in [0.15, 0.2) is 0 Å². The molecule has 0 fully saturated rings. The van der Waals surface area contributed by atoms with Gasteiger partial charge >= 0.3 is 5.97 Å². The van der Waals surface area contributed by atoms with Crippen LogP contribution in [0.1, 0.15) is 27.2 Å². The highest BCUT2D eigenvalue weighted by molar-refractivity contribution is 5.86. The third kappa shape index (κ3) is 3.09. The minimum Gasteiger partial charge on any atom is -0.480 e. The fourth-order valence-corrected chi connectivity index (χ4v) is 1.78. The van der Waals surface area contributed by atoms with Crippen LogP contribution in [-0.4, -0.2) is 43.5 Å². The van der Waals surface area contributed by atoms with Gasteiger partial charge in [0, 0.05) is 31.9 Å². The molecular weight excluding hydrogens is 234 g/mol. The average Bonchev–Trinajstić information content (AvgIpc) is 2.79. The van der Waals surface area contributed by atoms with E-state index in [1.807, 2.05) is 0 Å². The molecule has 0 aromatic carbocycles. The number of carboxylic acid groups (broad SMARTS) is 1. The second kappa shape index (κ2) is 5.66. The Kier molecular flexibility index (Phi) is 4.47. The number of amides is 1. The largest absolute Gasteiger partial charge is 0.480 e. The number of carboxylic acids is 1. The molecule has 0 saturated heterocycles. The van der Waals surface area contributed by atoms with Crippen molar-refractivity contribution in [3.05, 3.63) is 18.7 Å². The number of hydrogen-bond donors (Lipinski definition) is 1. The maximum Gasteiger partial charge on any atom is 0.329 e. The average molecular weight is 253 g/mol. The fraction of sp³-hybridized carbons (Fsp3) is 0.583. The lowest BCUT2D eigenvalue weighted by Gasteiger charge is -2.34. The van der Waals surface area contributed by atoms with Gasteiger partial charge in [-0.15, -0.1) is 0 Å². The predicted octanol–water partition coefficient (Wildman–Crippen LogP) is 0.985. The van der Waals surface area contributed by atoms with Crippen molar-refractivity contribution >= 4 is 11.9 Å². The van der Waals surface area contributed by atoms with E-state index in [4.69, 9.17) is 5.11 Å². The molecule has 0 aliphatic heterocycles. The highest BCUT2D eigenvalue weighted by Crippen LogP contribution is 2.16. The zero-order valence-corrected chi connectivity index (χ0v) is 11.0. The van der Waals surface area contributed by atoms with Crippen molar-refractivity contribution in [2.24, 2.45) is 0 Å². The number of aromatic nitrogens is 2. The molecule has 0 radical (unpaired) electrons. The summed E-state index contributed by atoms with van der Waals surface area (Å²) in [5, 5.41) is 9.13. The van der Waals surface area contributed by atoms with Gasteiger partial charge in [0.25, 0.3) is 0 Å². The number of carbonyl (C=O) groups excluding carboxylic acids is 1. The molecule has 6 nitrogen and oxygen atoms in total. The van der Waals surface area contributed by atoms with E-state index in [1.165, 1.54) is 18.7 Å². The molecular formula is C12H19N3O3. The Morgan fingerprint density at radius 1 is 1.44 bits per heavy atom. The quantitative estimate of drug-likeness (QED) is 0.820. The molecule has 1 N–H and O–H groups in total. The molecule has 1 heterocycles. The van der Waals surface area contributed by atoms with Crippen molar-refractivity contribution in [1.29, 1.82) is 0 Å². The lowest BCUT2D eigenvalue weighted by molar-refractivity contribution is -0.156. The standard InChI is InChI=1S/C12H19N3O3/c1-4-15(12(2,3)11(17)18)10(16)5-7-14-8-6-13-9-14/h6,8-9H,4-5,7H2,1-3H3,(H,17,18). The van der Waals surface area contributed by atoms with Crippen molar-refractivity contribution in [2.75, 3.05) is 6.54 Å². The summed E-state index contributed by atoms with van der Waals surface area (Å²) < 4.78 is 1.79. The van der Waals surface area contributed by atoms with Gasteiger partial charge in [-0.3, -0.25) is 4.79 Å². The maximum absolute atomic E-state index is 12.0. The van der Waals surface area contributed by atoms with Crippen LogP contribution in [0, 0.1) is 0 Å². The van der Waals surface area contributed by atoms with E-state index in [2.05, 4.69) is 4.98 Å². The molecule has 0 atom stereocenters. The molecule has 18 heavy (non-hydrogen) atoms. The molecule has 1 aromatic rings. The number of imidazole rings is 1. The van der Waals surface area contributed by atoms with Crippen molar-refractivity contribution in [3.8, 4) is 0 Å². The molecule has 0 bridgehead atoms. The molecule has 1 amide bonds. The Hall–Kier alpha value is -1.85. The first-order chi connectivity index (χ1) is 8.39. The zero-order valence-electron chi connectivity index (χ0n) is 11.0. The topological polar surface area (TPSA) is 75.4 Å². The molecule has 0 aliphatic rings. The van der Waals surface area contributed by atoms with E-state index in [0.717, 1.165) is 0 Å². The van der Waals surface area contributed by atoms with Crippen LogP contribution in [0.5, 0.6) is 0 Å². The van der Waals surface area contributed by atoms with E-state index in [-0.39, 0.29) is 12.3 Å². The summed E-state index contributed by atoms with van der Waals surface area (Å²) in [4.78, 5) is 28.5. The Labute approximate surface area is 106 Å². The molecule has 0 saturated carbocycles. The van der Waals surface area contributed by atoms with E-state index in [1.54, 1.807) is 30.2 Å². The second-order valence-electron chi connectivity index (χ2n) is 4.55. The van der Waals surface area contributed by atoms with E-state index in [0.29, 0.717) is 13.1 Å². The lowest BCUT2D eigenvalue weighted by atomic mass is 10.0. The van der Waals surface area contributed by atoms with E-state index < -0.39 is 11.5 Å². The molecule has 0 aliphatic carbocycles. The SMILES string of the molecule is CCN(C(=O)CCn1ccnc1)C(C)(C)C(=O)O. The van der Waals surface area contributed by atoms with Gasteiger partial charge in [-0.2, -0.15) is 0 Å². The maximum atomic E-state index is 12.0. The molecule has 100 valence electrons. The predicted molar refractivity (Wildman–Crippen MR) is 65.9 cm³/mol. The first-order valence-electron chi connectivity index (χ1n) is 5.89. The summed E-state index contributed by atoms with van der Waals surface area (Å²) >= 11 is 0. The monoisotopic (exact) mass is 253 g/mol. The molecule has 6 heteroatoms. The Balaban J connectivity index is 2.65. The van der Waals surface area contributed by atoms with Crippen molar-refractivity contribution < 1.29 is 14.7 Å². The van der Waals surface area contributed by atoms with Gasteiger partial charge in [-0.05, 0) is 20.8 Å². The molecule has 0 spiro atoms. The van der Waals surface area contributed by atoms with Crippen molar-refractivity contribution in [2.45, 2.75) is 39.3 Å². The third-order valence-corrected chi connectivity index (χ3v) is 2.96. The summed E-state index contributed by atoms with van der Waals surface area (Å²) in [6.45, 7) is 5.73. The number of carbonyl (C=O) groups is 2. The highest BCUT2D eigenvalue weighted by atomic mass is 16.4. The fourth-order valence-electron chi connectivity index (χ4n) is 1.78. The first-order valence-corrected chi connectivity index (χ1v) is 5.89. The molecule has 1 aromatic heterocycles. The van der Waals surface area contributed by atoms with Crippen molar-refractivity contribution in [1.82, 2.24) is 14.5 Å². The van der Waals surface area contributed by atoms with Crippen LogP contribution in [0.15, 0.2) is 18.7 Å². The normalized spacial score (nSPS) is 11.3. The van der Waals surface area contributed by atoms with Crippen LogP contribution in [0.4, 0.5) is 0 Å². The number of likely N-dealkylation sites (N-methyl/N-ethyl adjacent to an activating group) is 1. The van der Waals surface area contributed by atoms with Gasteiger partial charge < -0.3 is 14.6 Å². The summed E-state index contributed by atoms with van der Waals surface area (Å²) in [6, 6.07) is 0. The van der Waals surface area contributed by atoms with E-state index >= 15 is 0 Å². The summed E-state index contributed by atoms with van der Waals surface area (Å²) in [5.74, 6) is -1.17. The van der Waals surface area contributed by atoms with Gasteiger partial charge in [-0.25, -0.2) is 9.78 Å². The summed E-state index contributed by atoms with van der Waals surface area (Å²) in [5.41, 5.74) is -1.18. The Bertz CT molecular complexity index is 412. The number of rotatable bonds is 6. The van der Waals surface area contributed by atoms with Crippen LogP contribution in [0.3, 0.4) is 0 Å². The van der Waals surface area contributed by atoms with Crippen LogP contribution in [0.25, 0.3) is 0 Å². The number of nitrogens with zero attached hydrogens (tertiary/aromatic N) is 3. The smallest absolute Gasteiger partial charge is 0.329 e. The van der Waals surface area contributed by atoms with Crippen molar-refractivity contribution in [3.63, 3.8) is 0 Å². The number of aliphatic carboxylic acids is 1. The minimum absolute atomic E-state index is 0.168. The van der Waals surface area contributed by atoms with Gasteiger partial charge in [0.1, 0.15) is 5.54 Å². The molecule has 0 unspecified atom stereocenters. The summed E-state index contributed by atoms with van der Waals surface area (Å²) in [7, 11) is 0. The Morgan fingerprint density at radius 3 is 2.56 bits per heavy atom. The first kappa shape index (κ1) is 14.2. The number of aryl methyl sites for hydroxylation is 1. The highest BCUT2D eigenvalue weighted by Gasteiger charge is 2.36. The van der Waals surface area contributed by atoms with Gasteiger partial charge in [0.05, 0.1) is 6.33 Å².